The second kappa shape index (κ2) is 11.6. The summed E-state index contributed by atoms with van der Waals surface area (Å²) in [5.74, 6) is 1.62. The average Bonchev–Trinajstić information content (AvgIpc) is 3.25. The SMILES string of the molecule is CN=C(NCCc1ccco1)NCc1ccc(S(=O)(=O)N2CCCCC2)cc1.I. The summed E-state index contributed by atoms with van der Waals surface area (Å²) in [5, 5.41) is 6.47. The van der Waals surface area contributed by atoms with E-state index in [0.717, 1.165) is 37.0 Å². The first-order valence-corrected chi connectivity index (χ1v) is 11.1. The van der Waals surface area contributed by atoms with Crippen LogP contribution in [-0.4, -0.2) is 45.4 Å². The monoisotopic (exact) mass is 532 g/mol. The summed E-state index contributed by atoms with van der Waals surface area (Å²) in [6.45, 7) is 2.50. The van der Waals surface area contributed by atoms with Gasteiger partial charge in [-0.05, 0) is 42.7 Å². The lowest BCUT2D eigenvalue weighted by Gasteiger charge is -2.25. The van der Waals surface area contributed by atoms with Crippen molar-refractivity contribution in [3.63, 3.8) is 0 Å². The molecule has 160 valence electrons. The zero-order chi connectivity index (χ0) is 19.8. The van der Waals surface area contributed by atoms with Gasteiger partial charge in [-0.3, -0.25) is 4.99 Å². The number of piperidine rings is 1. The molecule has 9 heteroatoms. The molecule has 1 aliphatic rings. The van der Waals surface area contributed by atoms with E-state index in [1.807, 2.05) is 24.3 Å². The fourth-order valence-corrected chi connectivity index (χ4v) is 4.72. The molecule has 29 heavy (non-hydrogen) atoms. The van der Waals surface area contributed by atoms with Gasteiger partial charge in [-0.2, -0.15) is 4.31 Å². The van der Waals surface area contributed by atoms with Crippen LogP contribution < -0.4 is 10.6 Å². The van der Waals surface area contributed by atoms with Crippen molar-refractivity contribution in [1.29, 1.82) is 0 Å². The summed E-state index contributed by atoms with van der Waals surface area (Å²) in [7, 11) is -1.66. The van der Waals surface area contributed by atoms with Crippen molar-refractivity contribution in [3.8, 4) is 0 Å². The molecule has 2 heterocycles. The van der Waals surface area contributed by atoms with Gasteiger partial charge in [0.15, 0.2) is 5.96 Å². The molecule has 0 atom stereocenters. The molecule has 1 aliphatic heterocycles. The number of hydrogen-bond acceptors (Lipinski definition) is 4. The van der Waals surface area contributed by atoms with Crippen molar-refractivity contribution < 1.29 is 12.8 Å². The van der Waals surface area contributed by atoms with Crippen molar-refractivity contribution >= 4 is 40.0 Å². The molecule has 0 amide bonds. The maximum Gasteiger partial charge on any atom is 0.243 e. The number of halogens is 1. The minimum absolute atomic E-state index is 0. The van der Waals surface area contributed by atoms with Gasteiger partial charge in [-0.15, -0.1) is 24.0 Å². The highest BCUT2D eigenvalue weighted by Gasteiger charge is 2.25. The summed E-state index contributed by atoms with van der Waals surface area (Å²) >= 11 is 0. The molecule has 7 nitrogen and oxygen atoms in total. The summed E-state index contributed by atoms with van der Waals surface area (Å²) in [4.78, 5) is 4.56. The Morgan fingerprint density at radius 3 is 2.45 bits per heavy atom. The fraction of sp³-hybridized carbons (Fsp3) is 0.450. The molecule has 0 radical (unpaired) electrons. The maximum absolute atomic E-state index is 12.7. The zero-order valence-corrected chi connectivity index (χ0v) is 19.8. The molecule has 0 spiro atoms. The Morgan fingerprint density at radius 1 is 1.10 bits per heavy atom. The molecular weight excluding hydrogens is 503 g/mol. The number of guanidine groups is 1. The smallest absolute Gasteiger partial charge is 0.243 e. The molecule has 2 aromatic rings. The van der Waals surface area contributed by atoms with Gasteiger partial charge in [0.1, 0.15) is 5.76 Å². The molecule has 0 aliphatic carbocycles. The minimum Gasteiger partial charge on any atom is -0.469 e. The van der Waals surface area contributed by atoms with Crippen LogP contribution in [0.3, 0.4) is 0 Å². The molecule has 1 fully saturated rings. The van der Waals surface area contributed by atoms with Gasteiger partial charge in [0, 0.05) is 39.6 Å². The van der Waals surface area contributed by atoms with Gasteiger partial charge in [-0.25, -0.2) is 8.42 Å². The lowest BCUT2D eigenvalue weighted by atomic mass is 10.2. The Bertz CT molecular complexity index is 862. The Balaban J connectivity index is 0.00000300. The second-order valence-corrected chi connectivity index (χ2v) is 8.73. The number of benzene rings is 1. The normalized spacial score (nSPS) is 15.6. The number of hydrogen-bond donors (Lipinski definition) is 2. The van der Waals surface area contributed by atoms with Crippen LogP contribution in [0.5, 0.6) is 0 Å². The first-order valence-electron chi connectivity index (χ1n) is 9.65. The van der Waals surface area contributed by atoms with E-state index in [0.29, 0.717) is 37.0 Å². The zero-order valence-electron chi connectivity index (χ0n) is 16.6. The highest BCUT2D eigenvalue weighted by molar-refractivity contribution is 14.0. The van der Waals surface area contributed by atoms with E-state index < -0.39 is 10.0 Å². The van der Waals surface area contributed by atoms with Crippen LogP contribution in [0.15, 0.2) is 57.0 Å². The van der Waals surface area contributed by atoms with Gasteiger partial charge in [0.05, 0.1) is 11.2 Å². The van der Waals surface area contributed by atoms with Crippen molar-refractivity contribution in [2.75, 3.05) is 26.7 Å². The van der Waals surface area contributed by atoms with E-state index in [9.17, 15) is 8.42 Å². The predicted octanol–water partition coefficient (Wildman–Crippen LogP) is 2.98. The first kappa shape index (κ1) is 23.7. The molecule has 0 saturated carbocycles. The van der Waals surface area contributed by atoms with Crippen molar-refractivity contribution in [3.05, 3.63) is 54.0 Å². The number of nitrogens with one attached hydrogen (secondary N) is 2. The van der Waals surface area contributed by atoms with Gasteiger partial charge >= 0.3 is 0 Å². The molecule has 3 rings (SSSR count). The largest absolute Gasteiger partial charge is 0.469 e. The molecule has 0 unspecified atom stereocenters. The third-order valence-electron chi connectivity index (χ3n) is 4.80. The minimum atomic E-state index is -3.38. The molecule has 1 aromatic heterocycles. The molecule has 0 bridgehead atoms. The molecule has 1 saturated heterocycles. The number of sulfonamides is 1. The van der Waals surface area contributed by atoms with Crippen LogP contribution in [0, 0.1) is 0 Å². The van der Waals surface area contributed by atoms with Crippen LogP contribution >= 0.6 is 24.0 Å². The lowest BCUT2D eigenvalue weighted by Crippen LogP contribution is -2.37. The molecule has 1 aromatic carbocycles. The Kier molecular flexibility index (Phi) is 9.44. The van der Waals surface area contributed by atoms with Gasteiger partial charge in [0.25, 0.3) is 0 Å². The van der Waals surface area contributed by atoms with E-state index >= 15 is 0 Å². The van der Waals surface area contributed by atoms with E-state index in [-0.39, 0.29) is 24.0 Å². The molecular formula is C20H29IN4O3S. The number of nitrogens with zero attached hydrogens (tertiary/aromatic N) is 2. The van der Waals surface area contributed by atoms with E-state index in [4.69, 9.17) is 4.42 Å². The Morgan fingerprint density at radius 2 is 1.83 bits per heavy atom. The Hall–Kier alpha value is -1.59. The third kappa shape index (κ3) is 6.71. The average molecular weight is 532 g/mol. The number of furan rings is 1. The summed E-state index contributed by atoms with van der Waals surface area (Å²) in [5.41, 5.74) is 0.992. The topological polar surface area (TPSA) is 86.9 Å². The van der Waals surface area contributed by atoms with Crippen molar-refractivity contribution in [2.24, 2.45) is 4.99 Å². The van der Waals surface area contributed by atoms with Crippen LogP contribution in [0.25, 0.3) is 0 Å². The first-order chi connectivity index (χ1) is 13.6. The summed E-state index contributed by atoms with van der Waals surface area (Å²) < 4.78 is 32.3. The van der Waals surface area contributed by atoms with Crippen molar-refractivity contribution in [2.45, 2.75) is 37.1 Å². The van der Waals surface area contributed by atoms with Crippen LogP contribution in [0.1, 0.15) is 30.6 Å². The van der Waals surface area contributed by atoms with Crippen LogP contribution in [0.4, 0.5) is 0 Å². The third-order valence-corrected chi connectivity index (χ3v) is 6.72. The standard InChI is InChI=1S/C20H28N4O3S.HI/c1-21-20(22-12-11-18-6-5-15-27-18)23-16-17-7-9-19(10-8-17)28(25,26)24-13-3-2-4-14-24;/h5-10,15H,2-4,11-14,16H2,1H3,(H2,21,22,23);1H. The predicted molar refractivity (Wildman–Crippen MR) is 125 cm³/mol. The van der Waals surface area contributed by atoms with Crippen LogP contribution in [0.2, 0.25) is 0 Å². The lowest BCUT2D eigenvalue weighted by molar-refractivity contribution is 0.346. The Labute approximate surface area is 190 Å². The number of aliphatic imine (C=N–C) groups is 1. The highest BCUT2D eigenvalue weighted by atomic mass is 127. The van der Waals surface area contributed by atoms with Crippen LogP contribution in [-0.2, 0) is 23.0 Å². The second-order valence-electron chi connectivity index (χ2n) is 6.79. The highest BCUT2D eigenvalue weighted by Crippen LogP contribution is 2.20. The van der Waals surface area contributed by atoms with Gasteiger partial charge in [0.2, 0.25) is 10.0 Å². The summed E-state index contributed by atoms with van der Waals surface area (Å²) in [6.07, 6.45) is 5.42. The van der Waals surface area contributed by atoms with E-state index in [1.165, 1.54) is 0 Å². The number of rotatable bonds is 7. The van der Waals surface area contributed by atoms with E-state index in [2.05, 4.69) is 15.6 Å². The van der Waals surface area contributed by atoms with E-state index in [1.54, 1.807) is 29.7 Å². The van der Waals surface area contributed by atoms with Gasteiger partial charge in [-0.1, -0.05) is 18.6 Å². The molecule has 2 N–H and O–H groups in total. The maximum atomic E-state index is 12.7. The fourth-order valence-electron chi connectivity index (χ4n) is 3.20. The van der Waals surface area contributed by atoms with Gasteiger partial charge < -0.3 is 15.1 Å². The van der Waals surface area contributed by atoms with Crippen molar-refractivity contribution in [1.82, 2.24) is 14.9 Å². The quantitative estimate of drug-likeness (QED) is 0.326. The summed E-state index contributed by atoms with van der Waals surface area (Å²) in [6, 6.07) is 10.9.